The maximum absolute atomic E-state index is 13.3. The van der Waals surface area contributed by atoms with Crippen molar-refractivity contribution in [1.29, 1.82) is 0 Å². The highest BCUT2D eigenvalue weighted by molar-refractivity contribution is 8.01. The minimum atomic E-state index is -3.56. The molecule has 0 saturated carbocycles. The summed E-state index contributed by atoms with van der Waals surface area (Å²) in [5, 5.41) is 11.6. The molecule has 3 heterocycles. The van der Waals surface area contributed by atoms with Crippen LogP contribution in [0.4, 0.5) is 0 Å². The number of aliphatic hydroxyl groups is 1. The molecule has 9 heteroatoms. The number of nitrogens with one attached hydrogen (secondary N) is 1. The minimum absolute atomic E-state index is 0.411. The van der Waals surface area contributed by atoms with Gasteiger partial charge in [-0.15, -0.1) is 11.3 Å². The lowest BCUT2D eigenvalue weighted by Gasteiger charge is -2.21. The fourth-order valence-corrected chi connectivity index (χ4v) is 9.36. The van der Waals surface area contributed by atoms with Crippen LogP contribution in [0, 0.1) is 0 Å². The van der Waals surface area contributed by atoms with Gasteiger partial charge in [0.1, 0.15) is 0 Å². The highest BCUT2D eigenvalue weighted by Gasteiger charge is 2.33. The molecule has 0 bridgehead atoms. The molecule has 1 aliphatic rings. The number of benzene rings is 2. The van der Waals surface area contributed by atoms with Crippen molar-refractivity contribution in [3.63, 3.8) is 0 Å². The van der Waals surface area contributed by atoms with Gasteiger partial charge in [-0.05, 0) is 66.8 Å². The Labute approximate surface area is 225 Å². The number of thiophene rings is 1. The Balaban J connectivity index is 1.62. The van der Waals surface area contributed by atoms with E-state index in [1.807, 2.05) is 54.6 Å². The van der Waals surface area contributed by atoms with Crippen molar-refractivity contribution in [2.75, 3.05) is 11.5 Å². The zero-order valence-electron chi connectivity index (χ0n) is 19.9. The lowest BCUT2D eigenvalue weighted by molar-refractivity contribution is 0.0785. The molecule has 1 saturated heterocycles. The third-order valence-corrected chi connectivity index (χ3v) is 11.2. The summed E-state index contributed by atoms with van der Waals surface area (Å²) in [4.78, 5) is 5.43. The zero-order chi connectivity index (χ0) is 25.5. The first-order valence-corrected chi connectivity index (χ1v) is 15.6. The summed E-state index contributed by atoms with van der Waals surface area (Å²) < 4.78 is 30.7. The van der Waals surface area contributed by atoms with Crippen LogP contribution in [0.25, 0.3) is 21.3 Å². The molecule has 2 N–H and O–H groups in total. The highest BCUT2D eigenvalue weighted by atomic mass is 35.5. The quantitative estimate of drug-likeness (QED) is 0.276. The van der Waals surface area contributed by atoms with E-state index in [4.69, 9.17) is 11.6 Å². The highest BCUT2D eigenvalue weighted by Crippen LogP contribution is 2.41. The van der Waals surface area contributed by atoms with E-state index in [2.05, 4.69) is 9.71 Å². The van der Waals surface area contributed by atoms with Crippen LogP contribution < -0.4 is 4.72 Å². The zero-order valence-corrected chi connectivity index (χ0v) is 23.1. The van der Waals surface area contributed by atoms with E-state index >= 15 is 0 Å². The van der Waals surface area contributed by atoms with E-state index in [0.717, 1.165) is 43.1 Å². The number of fused-ring (bicyclic) bond motifs is 1. The Kier molecular flexibility index (Phi) is 7.20. The van der Waals surface area contributed by atoms with E-state index in [0.29, 0.717) is 17.2 Å². The molecule has 0 aliphatic carbocycles. The van der Waals surface area contributed by atoms with Crippen molar-refractivity contribution >= 4 is 54.8 Å². The third-order valence-electron chi connectivity index (χ3n) is 6.42. The van der Waals surface area contributed by atoms with Crippen LogP contribution in [0.2, 0.25) is 5.02 Å². The normalized spacial score (nSPS) is 17.5. The second kappa shape index (κ2) is 10.1. The van der Waals surface area contributed by atoms with Gasteiger partial charge in [0.05, 0.1) is 22.6 Å². The van der Waals surface area contributed by atoms with Crippen molar-refractivity contribution in [1.82, 2.24) is 9.71 Å². The van der Waals surface area contributed by atoms with Gasteiger partial charge in [0.2, 0.25) is 10.0 Å². The van der Waals surface area contributed by atoms with E-state index in [1.165, 1.54) is 11.3 Å². The number of aromatic nitrogens is 1. The van der Waals surface area contributed by atoms with Gasteiger partial charge < -0.3 is 5.11 Å². The summed E-state index contributed by atoms with van der Waals surface area (Å²) in [5.41, 5.74) is 2.20. The van der Waals surface area contributed by atoms with Gasteiger partial charge in [0.15, 0.2) is 0 Å². The molecule has 188 valence electrons. The Morgan fingerprint density at radius 1 is 1.14 bits per heavy atom. The molecule has 0 radical (unpaired) electrons. The molecule has 2 aromatic carbocycles. The molecular weight excluding hydrogens is 532 g/mol. The first kappa shape index (κ1) is 25.7. The van der Waals surface area contributed by atoms with Crippen molar-refractivity contribution in [3.05, 3.63) is 87.9 Å². The molecule has 2 aromatic heterocycles. The van der Waals surface area contributed by atoms with Gasteiger partial charge >= 0.3 is 0 Å². The number of hydrogen-bond acceptors (Lipinski definition) is 6. The summed E-state index contributed by atoms with van der Waals surface area (Å²) in [5.74, 6) is 1.45. The fourth-order valence-electron chi connectivity index (χ4n) is 4.39. The molecular formula is C27H27ClN2O3S3. The van der Waals surface area contributed by atoms with Crippen LogP contribution in [-0.4, -0.2) is 35.3 Å². The molecule has 5 rings (SSSR count). The standard InChI is InChI=1S/C27H27ClN2O3S3/c1-27(2,31)18-10-12-29-23(15-18)21-8-5-6-17-14-24(35-26(17)21)25(20-7-3-4-9-22(20)28)30-36(32,33)19-11-13-34-16-19/h3-10,12,14-15,19,25,30-31H,11,13,16H2,1-2H3/t19-,25?/m1/s1. The predicted octanol–water partition coefficient (Wildman–Crippen LogP) is 6.36. The van der Waals surface area contributed by atoms with Crippen LogP contribution in [0.15, 0.2) is 66.9 Å². The Hall–Kier alpha value is -1.94. The average Bonchev–Trinajstić information content (AvgIpc) is 3.53. The number of thioether (sulfide) groups is 1. The molecule has 2 atom stereocenters. The maximum atomic E-state index is 13.3. The van der Waals surface area contributed by atoms with Gasteiger partial charge in [-0.1, -0.05) is 48.0 Å². The smallest absolute Gasteiger partial charge is 0.216 e. The monoisotopic (exact) mass is 558 g/mol. The predicted molar refractivity (Wildman–Crippen MR) is 151 cm³/mol. The first-order chi connectivity index (χ1) is 17.1. The number of sulfonamides is 1. The molecule has 5 nitrogen and oxygen atoms in total. The van der Waals surface area contributed by atoms with Crippen LogP contribution in [0.3, 0.4) is 0 Å². The van der Waals surface area contributed by atoms with E-state index < -0.39 is 26.9 Å². The Morgan fingerprint density at radius 3 is 2.67 bits per heavy atom. The van der Waals surface area contributed by atoms with Gasteiger partial charge in [-0.25, -0.2) is 13.1 Å². The molecule has 0 amide bonds. The van der Waals surface area contributed by atoms with Crippen molar-refractivity contribution in [2.24, 2.45) is 0 Å². The number of nitrogens with zero attached hydrogens (tertiary/aromatic N) is 1. The molecule has 1 fully saturated rings. The minimum Gasteiger partial charge on any atom is -0.386 e. The number of halogens is 1. The van der Waals surface area contributed by atoms with Gasteiger partial charge in [-0.2, -0.15) is 11.8 Å². The first-order valence-electron chi connectivity index (χ1n) is 11.7. The Morgan fingerprint density at radius 2 is 1.94 bits per heavy atom. The van der Waals surface area contributed by atoms with E-state index in [-0.39, 0.29) is 0 Å². The van der Waals surface area contributed by atoms with Gasteiger partial charge in [0, 0.05) is 32.1 Å². The van der Waals surface area contributed by atoms with Crippen LogP contribution in [-0.2, 0) is 15.6 Å². The van der Waals surface area contributed by atoms with Crippen molar-refractivity contribution in [2.45, 2.75) is 37.2 Å². The molecule has 0 spiro atoms. The summed E-state index contributed by atoms with van der Waals surface area (Å²) in [6.07, 6.45) is 2.35. The molecule has 1 aliphatic heterocycles. The van der Waals surface area contributed by atoms with Crippen molar-refractivity contribution < 1.29 is 13.5 Å². The summed E-state index contributed by atoms with van der Waals surface area (Å²) in [6.45, 7) is 3.50. The number of rotatable bonds is 7. The summed E-state index contributed by atoms with van der Waals surface area (Å²) >= 11 is 9.78. The summed E-state index contributed by atoms with van der Waals surface area (Å²) in [7, 11) is -3.56. The molecule has 4 aromatic rings. The largest absolute Gasteiger partial charge is 0.386 e. The second-order valence-corrected chi connectivity index (χ2v) is 14.1. The average molecular weight is 559 g/mol. The third kappa shape index (κ3) is 5.21. The Bertz CT molecular complexity index is 1510. The van der Waals surface area contributed by atoms with Crippen LogP contribution >= 0.6 is 34.7 Å². The van der Waals surface area contributed by atoms with Crippen LogP contribution in [0.5, 0.6) is 0 Å². The number of pyridine rings is 1. The van der Waals surface area contributed by atoms with Crippen LogP contribution in [0.1, 0.15) is 42.3 Å². The molecule has 36 heavy (non-hydrogen) atoms. The lowest BCUT2D eigenvalue weighted by atomic mass is 9.97. The van der Waals surface area contributed by atoms with Gasteiger partial charge in [-0.3, -0.25) is 4.98 Å². The molecule has 1 unspecified atom stereocenters. The number of hydrogen-bond donors (Lipinski definition) is 2. The maximum Gasteiger partial charge on any atom is 0.216 e. The van der Waals surface area contributed by atoms with E-state index in [9.17, 15) is 13.5 Å². The second-order valence-electron chi connectivity index (χ2n) is 9.46. The van der Waals surface area contributed by atoms with E-state index in [1.54, 1.807) is 37.9 Å². The van der Waals surface area contributed by atoms with Crippen molar-refractivity contribution in [3.8, 4) is 11.3 Å². The SMILES string of the molecule is CC(C)(O)c1ccnc(-c2cccc3cc(C(NS(=O)(=O)[C@@H]4CCSC4)c4ccccc4Cl)sc23)c1. The topological polar surface area (TPSA) is 79.3 Å². The lowest BCUT2D eigenvalue weighted by Crippen LogP contribution is -2.37. The fraction of sp³-hybridized carbons (Fsp3) is 0.296. The summed E-state index contributed by atoms with van der Waals surface area (Å²) in [6, 6.07) is 18.5. The van der Waals surface area contributed by atoms with Gasteiger partial charge in [0.25, 0.3) is 0 Å².